The van der Waals surface area contributed by atoms with Crippen molar-refractivity contribution in [3.8, 4) is 17.2 Å². The molecule has 0 aliphatic rings. The number of nitrogens with one attached hydrogen (secondary N) is 2. The lowest BCUT2D eigenvalue weighted by molar-refractivity contribution is -0.123. The van der Waals surface area contributed by atoms with Crippen molar-refractivity contribution in [1.29, 1.82) is 0 Å². The Balaban J connectivity index is 1.59. The van der Waals surface area contributed by atoms with Gasteiger partial charge in [0.25, 0.3) is 11.5 Å². The molecular weight excluding hydrogens is 372 g/mol. The van der Waals surface area contributed by atoms with E-state index < -0.39 is 0 Å². The fraction of sp³-hybridized carbons (Fsp3) is 0.273. The van der Waals surface area contributed by atoms with Crippen LogP contribution < -0.4 is 25.1 Å². The van der Waals surface area contributed by atoms with Crippen LogP contribution in [0.5, 0.6) is 17.2 Å². The first-order valence-electron chi connectivity index (χ1n) is 9.24. The maximum atomic E-state index is 12.3. The minimum atomic E-state index is -0.241. The van der Waals surface area contributed by atoms with Gasteiger partial charge >= 0.3 is 0 Å². The van der Waals surface area contributed by atoms with Crippen molar-refractivity contribution >= 4 is 16.8 Å². The number of rotatable bonds is 8. The Morgan fingerprint density at radius 1 is 1.03 bits per heavy atom. The van der Waals surface area contributed by atoms with E-state index in [1.807, 2.05) is 37.3 Å². The number of carbonyl (C=O) groups is 1. The summed E-state index contributed by atoms with van der Waals surface area (Å²) < 4.78 is 16.0. The molecule has 152 valence electrons. The number of hydrogen-bond donors (Lipinski definition) is 2. The van der Waals surface area contributed by atoms with Crippen molar-refractivity contribution in [2.24, 2.45) is 0 Å². The number of H-pyrrole nitrogens is 1. The van der Waals surface area contributed by atoms with Gasteiger partial charge in [0.15, 0.2) is 18.1 Å². The first-order chi connectivity index (χ1) is 14.0. The molecular formula is C22H24N2O5. The standard InChI is InChI=1S/C22H24N2O5/c1-14-4-6-17(7-5-14)29-13-21(25)23-9-8-15-10-16-11-19(27-2)20(28-3)12-18(16)24-22(15)26/h4-7,10-12H,8-9,13H2,1-3H3,(H,23,25)(H,24,26). The van der Waals surface area contributed by atoms with E-state index in [4.69, 9.17) is 14.2 Å². The zero-order chi connectivity index (χ0) is 20.8. The molecule has 1 aromatic heterocycles. The van der Waals surface area contributed by atoms with Gasteiger partial charge in [-0.1, -0.05) is 17.7 Å². The maximum Gasteiger partial charge on any atom is 0.257 e. The third kappa shape index (κ3) is 5.07. The van der Waals surface area contributed by atoms with Gasteiger partial charge in [0.2, 0.25) is 0 Å². The van der Waals surface area contributed by atoms with Crippen molar-refractivity contribution in [3.05, 3.63) is 63.9 Å². The molecule has 0 radical (unpaired) electrons. The minimum absolute atomic E-state index is 0.0753. The first kappa shape index (κ1) is 20.3. The molecule has 1 heterocycles. The molecule has 7 heteroatoms. The summed E-state index contributed by atoms with van der Waals surface area (Å²) in [6.45, 7) is 2.24. The highest BCUT2D eigenvalue weighted by atomic mass is 16.5. The predicted octanol–water partition coefficient (Wildman–Crippen LogP) is 2.59. The third-order valence-corrected chi connectivity index (χ3v) is 4.53. The van der Waals surface area contributed by atoms with E-state index in [2.05, 4.69) is 10.3 Å². The molecule has 3 aromatic rings. The molecule has 2 aromatic carbocycles. The van der Waals surface area contributed by atoms with Crippen molar-refractivity contribution < 1.29 is 19.0 Å². The fourth-order valence-corrected chi connectivity index (χ4v) is 2.93. The molecule has 0 aliphatic heterocycles. The lowest BCUT2D eigenvalue weighted by Gasteiger charge is -2.10. The van der Waals surface area contributed by atoms with Gasteiger partial charge in [-0.3, -0.25) is 9.59 Å². The van der Waals surface area contributed by atoms with Crippen molar-refractivity contribution in [2.45, 2.75) is 13.3 Å². The molecule has 0 fully saturated rings. The monoisotopic (exact) mass is 396 g/mol. The Hall–Kier alpha value is -3.48. The number of methoxy groups -OCH3 is 2. The van der Waals surface area contributed by atoms with Gasteiger partial charge in [0.05, 0.1) is 19.7 Å². The largest absolute Gasteiger partial charge is 0.493 e. The van der Waals surface area contributed by atoms with E-state index in [0.717, 1.165) is 10.9 Å². The highest BCUT2D eigenvalue weighted by Gasteiger charge is 2.10. The third-order valence-electron chi connectivity index (χ3n) is 4.53. The number of fused-ring (bicyclic) bond motifs is 1. The topological polar surface area (TPSA) is 89.6 Å². The minimum Gasteiger partial charge on any atom is -0.493 e. The van der Waals surface area contributed by atoms with E-state index in [-0.39, 0.29) is 18.1 Å². The van der Waals surface area contributed by atoms with Crippen LogP contribution in [0, 0.1) is 6.92 Å². The SMILES string of the molecule is COc1cc2cc(CCNC(=O)COc3ccc(C)cc3)c(=O)[nH]c2cc1OC. The van der Waals surface area contributed by atoms with Crippen LogP contribution in [0.1, 0.15) is 11.1 Å². The van der Waals surface area contributed by atoms with Crippen molar-refractivity contribution in [3.63, 3.8) is 0 Å². The quantitative estimate of drug-likeness (QED) is 0.611. The average Bonchev–Trinajstić information content (AvgIpc) is 2.72. The molecule has 2 N–H and O–H groups in total. The van der Waals surface area contributed by atoms with Crippen LogP contribution >= 0.6 is 0 Å². The number of hydrogen-bond acceptors (Lipinski definition) is 5. The van der Waals surface area contributed by atoms with E-state index in [0.29, 0.717) is 41.3 Å². The molecule has 0 unspecified atom stereocenters. The summed E-state index contributed by atoms with van der Waals surface area (Å²) in [6.07, 6.45) is 0.399. The molecule has 0 saturated carbocycles. The van der Waals surface area contributed by atoms with Crippen LogP contribution in [-0.4, -0.2) is 38.3 Å². The van der Waals surface area contributed by atoms with Gasteiger partial charge in [0, 0.05) is 23.6 Å². The van der Waals surface area contributed by atoms with E-state index in [1.54, 1.807) is 26.4 Å². The normalized spacial score (nSPS) is 10.6. The van der Waals surface area contributed by atoms with Gasteiger partial charge in [-0.2, -0.15) is 0 Å². The lowest BCUT2D eigenvalue weighted by atomic mass is 10.1. The second-order valence-corrected chi connectivity index (χ2v) is 6.62. The summed E-state index contributed by atoms with van der Waals surface area (Å²) in [6, 6.07) is 12.8. The molecule has 29 heavy (non-hydrogen) atoms. The summed E-state index contributed by atoms with van der Waals surface area (Å²) in [5.41, 5.74) is 2.16. The second-order valence-electron chi connectivity index (χ2n) is 6.62. The van der Waals surface area contributed by atoms with Crippen LogP contribution in [0.4, 0.5) is 0 Å². The highest BCUT2D eigenvalue weighted by Crippen LogP contribution is 2.31. The van der Waals surface area contributed by atoms with Crippen molar-refractivity contribution in [1.82, 2.24) is 10.3 Å². The number of carbonyl (C=O) groups excluding carboxylic acids is 1. The smallest absolute Gasteiger partial charge is 0.257 e. The average molecular weight is 396 g/mol. The van der Waals surface area contributed by atoms with E-state index in [9.17, 15) is 9.59 Å². The number of amides is 1. The Labute approximate surface area is 168 Å². The fourth-order valence-electron chi connectivity index (χ4n) is 2.93. The summed E-state index contributed by atoms with van der Waals surface area (Å²) in [7, 11) is 3.10. The molecule has 0 aliphatic carbocycles. The summed E-state index contributed by atoms with van der Waals surface area (Å²) in [5, 5.41) is 3.59. The zero-order valence-corrected chi connectivity index (χ0v) is 16.7. The lowest BCUT2D eigenvalue weighted by Crippen LogP contribution is -2.31. The van der Waals surface area contributed by atoms with Gasteiger partial charge in [0.1, 0.15) is 5.75 Å². The first-order valence-corrected chi connectivity index (χ1v) is 9.24. The molecule has 0 spiro atoms. The molecule has 0 atom stereocenters. The number of aromatic amines is 1. The molecule has 3 rings (SSSR count). The molecule has 1 amide bonds. The molecule has 7 nitrogen and oxygen atoms in total. The van der Waals surface area contributed by atoms with Gasteiger partial charge in [-0.15, -0.1) is 0 Å². The van der Waals surface area contributed by atoms with E-state index in [1.165, 1.54) is 0 Å². The molecule has 0 bridgehead atoms. The second kappa shape index (κ2) is 9.14. The van der Waals surface area contributed by atoms with Gasteiger partial charge < -0.3 is 24.5 Å². The summed E-state index contributed by atoms with van der Waals surface area (Å²) in [4.78, 5) is 27.2. The number of ether oxygens (including phenoxy) is 3. The Morgan fingerprint density at radius 2 is 1.72 bits per heavy atom. The number of pyridine rings is 1. The predicted molar refractivity (Wildman–Crippen MR) is 111 cm³/mol. The van der Waals surface area contributed by atoms with Crippen molar-refractivity contribution in [2.75, 3.05) is 27.4 Å². The Kier molecular flexibility index (Phi) is 6.39. The molecule has 0 saturated heterocycles. The van der Waals surface area contributed by atoms with E-state index >= 15 is 0 Å². The van der Waals surface area contributed by atoms with Gasteiger partial charge in [-0.25, -0.2) is 0 Å². The Morgan fingerprint density at radius 3 is 2.41 bits per heavy atom. The van der Waals surface area contributed by atoms with Crippen LogP contribution in [0.3, 0.4) is 0 Å². The number of aryl methyl sites for hydroxylation is 1. The van der Waals surface area contributed by atoms with Crippen LogP contribution in [0.2, 0.25) is 0 Å². The summed E-state index contributed by atoms with van der Waals surface area (Å²) in [5.74, 6) is 1.53. The maximum absolute atomic E-state index is 12.3. The number of aromatic nitrogens is 1. The van der Waals surface area contributed by atoms with Crippen LogP contribution in [0.25, 0.3) is 10.9 Å². The zero-order valence-electron chi connectivity index (χ0n) is 16.7. The Bertz CT molecular complexity index is 1060. The number of benzene rings is 2. The van der Waals surface area contributed by atoms with Crippen LogP contribution in [-0.2, 0) is 11.2 Å². The van der Waals surface area contributed by atoms with Crippen LogP contribution in [0.15, 0.2) is 47.3 Å². The summed E-state index contributed by atoms with van der Waals surface area (Å²) >= 11 is 0. The van der Waals surface area contributed by atoms with Gasteiger partial charge in [-0.05, 0) is 37.6 Å². The highest BCUT2D eigenvalue weighted by molar-refractivity contribution is 5.83.